The zero-order valence-corrected chi connectivity index (χ0v) is 19.1. The summed E-state index contributed by atoms with van der Waals surface area (Å²) in [6, 6.07) is 9.77. The summed E-state index contributed by atoms with van der Waals surface area (Å²) in [4.78, 5) is 4.50. The lowest BCUT2D eigenvalue weighted by molar-refractivity contribution is 0.285. The Hall–Kier alpha value is -2.35. The molecule has 30 heavy (non-hydrogen) atoms. The van der Waals surface area contributed by atoms with Crippen molar-refractivity contribution in [1.82, 2.24) is 24.9 Å². The van der Waals surface area contributed by atoms with E-state index in [1.807, 2.05) is 30.3 Å². The SMILES string of the molecule is CC(C)CCc1noc(CSc2nnc(COc3ccccc3)n2CCC(C)C)n1. The van der Waals surface area contributed by atoms with Crippen LogP contribution in [0.25, 0.3) is 0 Å². The number of rotatable bonds is 12. The van der Waals surface area contributed by atoms with E-state index in [2.05, 4.69) is 52.6 Å². The molecule has 0 radical (unpaired) electrons. The van der Waals surface area contributed by atoms with Crippen LogP contribution in [0.5, 0.6) is 5.75 Å². The highest BCUT2D eigenvalue weighted by Crippen LogP contribution is 2.23. The van der Waals surface area contributed by atoms with E-state index < -0.39 is 0 Å². The molecule has 8 heteroatoms. The van der Waals surface area contributed by atoms with Crippen molar-refractivity contribution >= 4 is 11.8 Å². The van der Waals surface area contributed by atoms with Gasteiger partial charge in [-0.2, -0.15) is 4.98 Å². The second kappa shape index (κ2) is 11.2. The Labute approximate surface area is 182 Å². The minimum Gasteiger partial charge on any atom is -0.486 e. The third kappa shape index (κ3) is 6.86. The van der Waals surface area contributed by atoms with Crippen LogP contribution in [-0.4, -0.2) is 24.9 Å². The van der Waals surface area contributed by atoms with Crippen LogP contribution in [-0.2, 0) is 25.3 Å². The molecule has 162 valence electrons. The van der Waals surface area contributed by atoms with E-state index in [1.54, 1.807) is 11.8 Å². The van der Waals surface area contributed by atoms with Gasteiger partial charge in [-0.15, -0.1) is 10.2 Å². The predicted octanol–water partition coefficient (Wildman–Crippen LogP) is 5.17. The van der Waals surface area contributed by atoms with Crippen LogP contribution in [0.3, 0.4) is 0 Å². The highest BCUT2D eigenvalue weighted by atomic mass is 32.2. The summed E-state index contributed by atoms with van der Waals surface area (Å²) in [5, 5.41) is 13.7. The van der Waals surface area contributed by atoms with Gasteiger partial charge < -0.3 is 13.8 Å². The normalized spacial score (nSPS) is 11.5. The molecule has 0 amide bonds. The Balaban J connectivity index is 1.63. The molecule has 3 aromatic rings. The van der Waals surface area contributed by atoms with Crippen molar-refractivity contribution < 1.29 is 9.26 Å². The third-order valence-electron chi connectivity index (χ3n) is 4.61. The molecule has 0 aliphatic carbocycles. The van der Waals surface area contributed by atoms with Gasteiger partial charge in [-0.1, -0.05) is 62.8 Å². The van der Waals surface area contributed by atoms with Crippen LogP contribution in [0, 0.1) is 11.8 Å². The summed E-state index contributed by atoms with van der Waals surface area (Å²) in [5.74, 6) is 4.84. The summed E-state index contributed by atoms with van der Waals surface area (Å²) in [6.07, 6.45) is 2.95. The highest BCUT2D eigenvalue weighted by molar-refractivity contribution is 7.98. The molecule has 1 aromatic carbocycles. The zero-order valence-electron chi connectivity index (χ0n) is 18.2. The topological polar surface area (TPSA) is 78.9 Å². The van der Waals surface area contributed by atoms with E-state index in [1.165, 1.54) is 0 Å². The standard InChI is InChI=1S/C22H31N5O2S/c1-16(2)10-11-19-23-21(29-26-19)15-30-22-25-24-20(27(22)13-12-17(3)4)14-28-18-8-6-5-7-9-18/h5-9,16-17H,10-15H2,1-4H3. The molecule has 0 saturated heterocycles. The van der Waals surface area contributed by atoms with Gasteiger partial charge in [-0.3, -0.25) is 0 Å². The van der Waals surface area contributed by atoms with Gasteiger partial charge >= 0.3 is 0 Å². The van der Waals surface area contributed by atoms with E-state index in [0.717, 1.165) is 48.4 Å². The van der Waals surface area contributed by atoms with Gasteiger partial charge in [0.15, 0.2) is 16.8 Å². The molecule has 7 nitrogen and oxygen atoms in total. The minimum absolute atomic E-state index is 0.385. The molecular weight excluding hydrogens is 398 g/mol. The predicted molar refractivity (Wildman–Crippen MR) is 117 cm³/mol. The average Bonchev–Trinajstić information content (AvgIpc) is 3.34. The molecule has 0 spiro atoms. The van der Waals surface area contributed by atoms with Gasteiger partial charge in [-0.25, -0.2) is 0 Å². The fourth-order valence-electron chi connectivity index (χ4n) is 2.80. The summed E-state index contributed by atoms with van der Waals surface area (Å²) < 4.78 is 13.4. The number of thioether (sulfide) groups is 1. The Morgan fingerprint density at radius 1 is 1.03 bits per heavy atom. The summed E-state index contributed by atoms with van der Waals surface area (Å²) in [6.45, 7) is 10.1. The summed E-state index contributed by atoms with van der Waals surface area (Å²) in [5.41, 5.74) is 0. The second-order valence-corrected chi connectivity index (χ2v) is 9.10. The first-order valence-electron chi connectivity index (χ1n) is 10.6. The van der Waals surface area contributed by atoms with Gasteiger partial charge in [-0.05, 0) is 36.8 Å². The van der Waals surface area contributed by atoms with E-state index in [9.17, 15) is 0 Å². The van der Waals surface area contributed by atoms with E-state index in [0.29, 0.717) is 30.1 Å². The summed E-state index contributed by atoms with van der Waals surface area (Å²) >= 11 is 1.57. The number of hydrogen-bond acceptors (Lipinski definition) is 7. The first kappa shape index (κ1) is 22.3. The van der Waals surface area contributed by atoms with Crippen LogP contribution in [0.15, 0.2) is 40.0 Å². The molecule has 2 aromatic heterocycles. The quantitative estimate of drug-likeness (QED) is 0.368. The molecule has 0 aliphatic rings. The second-order valence-electron chi connectivity index (χ2n) is 8.16. The number of aromatic nitrogens is 5. The smallest absolute Gasteiger partial charge is 0.237 e. The van der Waals surface area contributed by atoms with E-state index in [-0.39, 0.29) is 0 Å². The lowest BCUT2D eigenvalue weighted by Crippen LogP contribution is -2.10. The number of hydrogen-bond donors (Lipinski definition) is 0. The van der Waals surface area contributed by atoms with Crippen LogP contribution in [0.2, 0.25) is 0 Å². The van der Waals surface area contributed by atoms with Crippen molar-refractivity contribution in [2.24, 2.45) is 11.8 Å². The highest BCUT2D eigenvalue weighted by Gasteiger charge is 2.16. The first-order chi connectivity index (χ1) is 14.5. The lowest BCUT2D eigenvalue weighted by atomic mass is 10.1. The van der Waals surface area contributed by atoms with Gasteiger partial charge in [0.25, 0.3) is 0 Å². The third-order valence-corrected chi connectivity index (χ3v) is 5.57. The molecular formula is C22H31N5O2S. The fourth-order valence-corrected chi connectivity index (χ4v) is 3.62. The molecule has 0 atom stereocenters. The van der Waals surface area contributed by atoms with Crippen molar-refractivity contribution in [3.05, 3.63) is 47.9 Å². The average molecular weight is 430 g/mol. The van der Waals surface area contributed by atoms with Crippen molar-refractivity contribution in [2.75, 3.05) is 0 Å². The van der Waals surface area contributed by atoms with Crippen molar-refractivity contribution in [3.8, 4) is 5.75 Å². The number of para-hydroxylation sites is 1. The molecule has 3 rings (SSSR count). The zero-order chi connectivity index (χ0) is 21.3. The monoisotopic (exact) mass is 429 g/mol. The summed E-state index contributed by atoms with van der Waals surface area (Å²) in [7, 11) is 0. The Kier molecular flexibility index (Phi) is 8.30. The van der Waals surface area contributed by atoms with E-state index >= 15 is 0 Å². The maximum absolute atomic E-state index is 5.89. The number of ether oxygens (including phenoxy) is 1. The Bertz CT molecular complexity index is 892. The van der Waals surface area contributed by atoms with E-state index in [4.69, 9.17) is 9.26 Å². The number of benzene rings is 1. The van der Waals surface area contributed by atoms with Crippen molar-refractivity contribution in [2.45, 2.75) is 71.0 Å². The largest absolute Gasteiger partial charge is 0.486 e. The van der Waals surface area contributed by atoms with Crippen LogP contribution in [0.1, 0.15) is 58.1 Å². The van der Waals surface area contributed by atoms with Crippen LogP contribution >= 0.6 is 11.8 Å². The minimum atomic E-state index is 0.385. The van der Waals surface area contributed by atoms with Crippen molar-refractivity contribution in [1.29, 1.82) is 0 Å². The molecule has 0 unspecified atom stereocenters. The van der Waals surface area contributed by atoms with Gasteiger partial charge in [0, 0.05) is 13.0 Å². The molecule has 0 N–H and O–H groups in total. The molecule has 2 heterocycles. The molecule has 0 aliphatic heterocycles. The first-order valence-corrected chi connectivity index (χ1v) is 11.5. The van der Waals surface area contributed by atoms with Crippen LogP contribution in [0.4, 0.5) is 0 Å². The Morgan fingerprint density at radius 2 is 1.80 bits per heavy atom. The van der Waals surface area contributed by atoms with Crippen molar-refractivity contribution in [3.63, 3.8) is 0 Å². The maximum Gasteiger partial charge on any atom is 0.237 e. The molecule has 0 saturated carbocycles. The molecule has 0 fully saturated rings. The van der Waals surface area contributed by atoms with Crippen LogP contribution < -0.4 is 4.74 Å². The van der Waals surface area contributed by atoms with Gasteiger partial charge in [0.05, 0.1) is 5.75 Å². The number of nitrogens with zero attached hydrogens (tertiary/aromatic N) is 5. The van der Waals surface area contributed by atoms with Gasteiger partial charge in [0.2, 0.25) is 5.89 Å². The molecule has 0 bridgehead atoms. The maximum atomic E-state index is 5.89. The Morgan fingerprint density at radius 3 is 2.53 bits per heavy atom. The van der Waals surface area contributed by atoms with Gasteiger partial charge in [0.1, 0.15) is 12.4 Å². The fraction of sp³-hybridized carbons (Fsp3) is 0.545. The number of aryl methyl sites for hydroxylation is 1. The lowest BCUT2D eigenvalue weighted by Gasteiger charge is -2.12.